The number of rotatable bonds is 6. The van der Waals surface area contributed by atoms with Crippen LogP contribution in [0.5, 0.6) is 0 Å². The number of nitrogens with one attached hydrogen (secondary N) is 2. The molecule has 2 N–H and O–H groups in total. The van der Waals surface area contributed by atoms with Crippen LogP contribution in [0.2, 0.25) is 0 Å². The Kier molecular flexibility index (Phi) is 6.49. The van der Waals surface area contributed by atoms with Crippen LogP contribution >= 0.6 is 0 Å². The van der Waals surface area contributed by atoms with Crippen LogP contribution in [-0.2, 0) is 9.59 Å². The van der Waals surface area contributed by atoms with Gasteiger partial charge in [0.25, 0.3) is 0 Å². The topological polar surface area (TPSA) is 78.5 Å². The third-order valence-electron chi connectivity index (χ3n) is 3.82. The van der Waals surface area contributed by atoms with E-state index in [-0.39, 0.29) is 17.6 Å². The van der Waals surface area contributed by atoms with E-state index in [1.807, 2.05) is 19.0 Å². The Labute approximate surface area is 131 Å². The van der Waals surface area contributed by atoms with Crippen molar-refractivity contribution in [2.75, 3.05) is 33.7 Å². The predicted octanol–water partition coefficient (Wildman–Crippen LogP) is 1.04. The van der Waals surface area contributed by atoms with Crippen molar-refractivity contribution < 1.29 is 14.4 Å². The van der Waals surface area contributed by atoms with E-state index < -0.39 is 0 Å². The summed E-state index contributed by atoms with van der Waals surface area (Å²) in [4.78, 5) is 37.8. The van der Waals surface area contributed by atoms with Gasteiger partial charge in [-0.05, 0) is 41.3 Å². The third-order valence-corrected chi connectivity index (χ3v) is 3.82. The van der Waals surface area contributed by atoms with E-state index in [1.165, 1.54) is 0 Å². The minimum atomic E-state index is -0.266. The number of amides is 2. The van der Waals surface area contributed by atoms with Crippen molar-refractivity contribution in [1.29, 1.82) is 0 Å². The summed E-state index contributed by atoms with van der Waals surface area (Å²) in [5, 5.41) is 5.43. The summed E-state index contributed by atoms with van der Waals surface area (Å²) in [5.74, 6) is -0.174. The lowest BCUT2D eigenvalue weighted by molar-refractivity contribution is -0.116. The molecule has 0 spiro atoms. The second-order valence-electron chi connectivity index (χ2n) is 5.75. The number of nitrogens with zero attached hydrogens (tertiary/aromatic N) is 1. The van der Waals surface area contributed by atoms with Crippen LogP contribution in [0.15, 0.2) is 22.3 Å². The van der Waals surface area contributed by atoms with Gasteiger partial charge in [-0.2, -0.15) is 0 Å². The van der Waals surface area contributed by atoms with Gasteiger partial charge >= 0.3 is 6.03 Å². The van der Waals surface area contributed by atoms with Crippen LogP contribution in [0.4, 0.5) is 4.79 Å². The number of ketones is 2. The van der Waals surface area contributed by atoms with Gasteiger partial charge in [0.05, 0.1) is 0 Å². The van der Waals surface area contributed by atoms with Crippen LogP contribution in [0.25, 0.3) is 0 Å². The average Bonchev–Trinajstić information content (AvgIpc) is 2.46. The van der Waals surface area contributed by atoms with E-state index in [2.05, 4.69) is 10.6 Å². The predicted molar refractivity (Wildman–Crippen MR) is 85.7 cm³/mol. The first-order valence-electron chi connectivity index (χ1n) is 7.38. The van der Waals surface area contributed by atoms with Crippen molar-refractivity contribution in [3.05, 3.63) is 22.3 Å². The van der Waals surface area contributed by atoms with Gasteiger partial charge in [-0.15, -0.1) is 0 Å². The zero-order valence-corrected chi connectivity index (χ0v) is 14.0. The minimum Gasteiger partial charge on any atom is -0.338 e. The minimum absolute atomic E-state index is 0.0810. The first kappa shape index (κ1) is 18.1. The smallest absolute Gasteiger partial charge is 0.314 e. The molecular formula is C16H25N3O3. The molecule has 122 valence electrons. The number of likely N-dealkylation sites (N-methyl/N-ethyl adjacent to an activating group) is 1. The first-order valence-corrected chi connectivity index (χ1v) is 7.38. The molecule has 0 atom stereocenters. The fourth-order valence-corrected chi connectivity index (χ4v) is 2.21. The van der Waals surface area contributed by atoms with Crippen LogP contribution in [0, 0.1) is 0 Å². The molecule has 0 saturated carbocycles. The van der Waals surface area contributed by atoms with Gasteiger partial charge in [0.15, 0.2) is 11.6 Å². The molecule has 0 unspecified atom stereocenters. The Hall–Kier alpha value is -1.95. The molecule has 0 aromatic rings. The first-order chi connectivity index (χ1) is 10.3. The summed E-state index contributed by atoms with van der Waals surface area (Å²) in [7, 11) is 3.86. The highest BCUT2D eigenvalue weighted by Gasteiger charge is 2.27. The lowest BCUT2D eigenvalue weighted by Crippen LogP contribution is -2.39. The molecule has 1 rings (SSSR count). The van der Waals surface area contributed by atoms with Crippen molar-refractivity contribution in [3.8, 4) is 0 Å². The molecule has 22 heavy (non-hydrogen) atoms. The van der Waals surface area contributed by atoms with E-state index in [4.69, 9.17) is 0 Å². The van der Waals surface area contributed by atoms with Crippen LogP contribution in [-0.4, -0.2) is 56.2 Å². The Morgan fingerprint density at radius 3 is 2.05 bits per heavy atom. The lowest BCUT2D eigenvalue weighted by Gasteiger charge is -2.18. The van der Waals surface area contributed by atoms with E-state index in [0.29, 0.717) is 41.8 Å². The van der Waals surface area contributed by atoms with Gasteiger partial charge in [0.2, 0.25) is 0 Å². The molecule has 0 aromatic carbocycles. The van der Waals surface area contributed by atoms with E-state index in [0.717, 1.165) is 6.54 Å². The molecule has 0 aliphatic heterocycles. The Morgan fingerprint density at radius 1 is 0.909 bits per heavy atom. The quantitative estimate of drug-likeness (QED) is 0.719. The highest BCUT2D eigenvalue weighted by Crippen LogP contribution is 2.25. The molecule has 1 aliphatic rings. The Morgan fingerprint density at radius 2 is 1.45 bits per heavy atom. The summed E-state index contributed by atoms with van der Waals surface area (Å²) < 4.78 is 0. The Bertz CT molecular complexity index is 545. The molecule has 2 amide bonds. The molecule has 0 aromatic heterocycles. The summed E-state index contributed by atoms with van der Waals surface area (Å²) >= 11 is 0. The second kappa shape index (κ2) is 7.89. The molecular weight excluding hydrogens is 282 g/mol. The van der Waals surface area contributed by atoms with Gasteiger partial charge in [0, 0.05) is 41.9 Å². The number of carbonyl (C=O) groups is 3. The molecule has 0 bridgehead atoms. The average molecular weight is 307 g/mol. The molecule has 0 saturated heterocycles. The highest BCUT2D eigenvalue weighted by molar-refractivity contribution is 6.24. The summed E-state index contributed by atoms with van der Waals surface area (Å²) in [6.07, 6.45) is 0.363. The van der Waals surface area contributed by atoms with Gasteiger partial charge in [0.1, 0.15) is 0 Å². The SMILES string of the molecule is CC1=C(C)C(=O)C(CCNC(=O)NCCN(C)C)=C(C)C1=O. The monoisotopic (exact) mass is 307 g/mol. The lowest BCUT2D eigenvalue weighted by atomic mass is 9.84. The Balaban J connectivity index is 2.49. The third kappa shape index (κ3) is 4.53. The summed E-state index contributed by atoms with van der Waals surface area (Å²) in [6.45, 7) is 6.65. The van der Waals surface area contributed by atoms with Gasteiger partial charge in [-0.3, -0.25) is 9.59 Å². The maximum absolute atomic E-state index is 12.2. The van der Waals surface area contributed by atoms with Crippen molar-refractivity contribution in [2.24, 2.45) is 0 Å². The van der Waals surface area contributed by atoms with Crippen molar-refractivity contribution in [2.45, 2.75) is 27.2 Å². The number of hydrogen-bond acceptors (Lipinski definition) is 4. The normalized spacial score (nSPS) is 15.7. The van der Waals surface area contributed by atoms with Crippen LogP contribution in [0.1, 0.15) is 27.2 Å². The standard InChI is InChI=1S/C16H25N3O3/c1-10-11(2)15(21)13(12(3)14(10)20)6-7-17-16(22)18-8-9-19(4)5/h6-9H2,1-5H3,(H2,17,18,22). The maximum atomic E-state index is 12.2. The van der Waals surface area contributed by atoms with E-state index in [1.54, 1.807) is 20.8 Å². The molecule has 6 nitrogen and oxygen atoms in total. The molecule has 0 heterocycles. The number of urea groups is 1. The zero-order chi connectivity index (χ0) is 16.9. The van der Waals surface area contributed by atoms with Gasteiger partial charge in [-0.25, -0.2) is 4.79 Å². The highest BCUT2D eigenvalue weighted by atomic mass is 16.2. The number of Topliss-reactive ketones (excluding diaryl/α,β-unsaturated/α-hetero) is 2. The molecule has 6 heteroatoms. The fraction of sp³-hybridized carbons (Fsp3) is 0.562. The largest absolute Gasteiger partial charge is 0.338 e. The van der Waals surface area contributed by atoms with Crippen molar-refractivity contribution >= 4 is 17.6 Å². The summed E-state index contributed by atoms with van der Waals surface area (Å²) in [5.41, 5.74) is 2.01. The van der Waals surface area contributed by atoms with Crippen molar-refractivity contribution in [1.82, 2.24) is 15.5 Å². The van der Waals surface area contributed by atoms with Gasteiger partial charge in [-0.1, -0.05) is 0 Å². The van der Waals surface area contributed by atoms with Crippen LogP contribution < -0.4 is 10.6 Å². The van der Waals surface area contributed by atoms with Crippen LogP contribution in [0.3, 0.4) is 0 Å². The van der Waals surface area contributed by atoms with Crippen molar-refractivity contribution in [3.63, 3.8) is 0 Å². The van der Waals surface area contributed by atoms with Gasteiger partial charge < -0.3 is 15.5 Å². The molecule has 0 fully saturated rings. The number of allylic oxidation sites excluding steroid dienone is 3. The number of hydrogen-bond donors (Lipinski definition) is 2. The van der Waals surface area contributed by atoms with E-state index >= 15 is 0 Å². The second-order valence-corrected chi connectivity index (χ2v) is 5.75. The zero-order valence-electron chi connectivity index (χ0n) is 14.0. The molecule has 0 radical (unpaired) electrons. The van der Waals surface area contributed by atoms with E-state index in [9.17, 15) is 14.4 Å². The molecule has 1 aliphatic carbocycles. The maximum Gasteiger partial charge on any atom is 0.314 e. The summed E-state index contributed by atoms with van der Waals surface area (Å²) in [6, 6.07) is -0.266. The number of carbonyl (C=O) groups excluding carboxylic acids is 3. The fourth-order valence-electron chi connectivity index (χ4n) is 2.21.